The first-order chi connectivity index (χ1) is 19.8. The van der Waals surface area contributed by atoms with Crippen LogP contribution in [0.1, 0.15) is 86.1 Å². The number of carbonyl (C=O) groups excluding carboxylic acids is 4. The number of fused-ring (bicyclic) bond motifs is 1. The van der Waals surface area contributed by atoms with Crippen LogP contribution in [0.25, 0.3) is 10.9 Å². The number of ether oxygens (including phenoxy) is 2. The summed E-state index contributed by atoms with van der Waals surface area (Å²) in [5.41, 5.74) is 8.69. The second kappa shape index (κ2) is 12.1. The highest BCUT2D eigenvalue weighted by atomic mass is 16.5. The molecule has 0 spiro atoms. The monoisotopic (exact) mass is 565 g/mol. The van der Waals surface area contributed by atoms with Crippen LogP contribution in [-0.2, 0) is 9.47 Å². The van der Waals surface area contributed by atoms with Crippen LogP contribution in [0.3, 0.4) is 0 Å². The molecule has 0 aliphatic carbocycles. The maximum Gasteiger partial charge on any atom is 0.357 e. The van der Waals surface area contributed by atoms with Gasteiger partial charge in [-0.25, -0.2) is 14.6 Å². The number of ketones is 2. The smallest absolute Gasteiger partial charge is 0.357 e. The molecule has 0 saturated carbocycles. The SMILES string of the molecule is Cc1cc(C)c(C)c(C(=O)COC(=O)c2cc(C(=O)OCC(=O)c3c(C)c(C)cc(C)c3C)c3ccccc3n2)c1C. The number of Topliss-reactive ketones (excluding diaryl/α,β-unsaturated/α-hetero) is 2. The molecule has 0 atom stereocenters. The molecule has 0 bridgehead atoms. The number of hydrogen-bond donors (Lipinski definition) is 0. The van der Waals surface area contributed by atoms with Crippen LogP contribution in [0.15, 0.2) is 42.5 Å². The number of aromatic nitrogens is 1. The third-order valence-electron chi connectivity index (χ3n) is 8.10. The molecule has 4 rings (SSSR count). The molecule has 216 valence electrons. The van der Waals surface area contributed by atoms with Gasteiger partial charge in [-0.1, -0.05) is 30.3 Å². The zero-order valence-corrected chi connectivity index (χ0v) is 25.4. The molecule has 0 aliphatic heterocycles. The van der Waals surface area contributed by atoms with Crippen LogP contribution >= 0.6 is 0 Å². The van der Waals surface area contributed by atoms with Gasteiger partial charge in [0.1, 0.15) is 5.69 Å². The Bertz CT molecular complexity index is 1730. The second-order valence-electron chi connectivity index (χ2n) is 10.8. The van der Waals surface area contributed by atoms with Crippen LogP contribution in [0, 0.1) is 55.4 Å². The van der Waals surface area contributed by atoms with Gasteiger partial charge in [0.2, 0.25) is 11.6 Å². The zero-order chi connectivity index (χ0) is 30.9. The summed E-state index contributed by atoms with van der Waals surface area (Å²) >= 11 is 0. The Morgan fingerprint density at radius 2 is 1.02 bits per heavy atom. The molecule has 3 aromatic carbocycles. The molecule has 0 unspecified atom stereocenters. The number of aryl methyl sites for hydroxylation is 4. The fourth-order valence-electron chi connectivity index (χ4n) is 5.28. The van der Waals surface area contributed by atoms with Gasteiger partial charge in [0, 0.05) is 16.5 Å². The summed E-state index contributed by atoms with van der Waals surface area (Å²) < 4.78 is 10.8. The summed E-state index contributed by atoms with van der Waals surface area (Å²) in [6, 6.07) is 12.1. The van der Waals surface area contributed by atoms with Crippen molar-refractivity contribution in [2.45, 2.75) is 55.4 Å². The van der Waals surface area contributed by atoms with Crippen LogP contribution in [0.5, 0.6) is 0 Å². The Labute approximate surface area is 245 Å². The molecule has 0 amide bonds. The predicted molar refractivity (Wildman–Crippen MR) is 162 cm³/mol. The number of carbonyl (C=O) groups is 4. The van der Waals surface area contributed by atoms with E-state index in [4.69, 9.17) is 9.47 Å². The molecule has 0 aliphatic rings. The van der Waals surface area contributed by atoms with E-state index in [-0.39, 0.29) is 22.8 Å². The molecule has 1 heterocycles. The molecule has 0 saturated heterocycles. The van der Waals surface area contributed by atoms with Gasteiger partial charge >= 0.3 is 11.9 Å². The number of nitrogens with zero attached hydrogens (tertiary/aromatic N) is 1. The van der Waals surface area contributed by atoms with Gasteiger partial charge in [0.05, 0.1) is 11.1 Å². The standard InChI is InChI=1S/C35H35NO6/c1-18-13-19(2)23(6)32(22(18)5)30(37)16-41-34(39)27-15-29(36-28-12-10-9-11-26(27)28)35(40)42-17-31(38)33-24(7)20(3)14-21(4)25(33)8/h9-15H,16-17H2,1-8H3. The van der Waals surface area contributed by atoms with E-state index in [0.717, 1.165) is 44.5 Å². The van der Waals surface area contributed by atoms with Gasteiger partial charge in [-0.2, -0.15) is 0 Å². The minimum Gasteiger partial charge on any atom is -0.454 e. The Balaban J connectivity index is 1.56. The van der Waals surface area contributed by atoms with E-state index < -0.39 is 25.2 Å². The highest BCUT2D eigenvalue weighted by Crippen LogP contribution is 2.25. The Hall–Kier alpha value is -4.65. The minimum atomic E-state index is -0.847. The number of pyridine rings is 1. The summed E-state index contributed by atoms with van der Waals surface area (Å²) in [4.78, 5) is 56.9. The van der Waals surface area contributed by atoms with E-state index in [0.29, 0.717) is 22.0 Å². The molecule has 4 aromatic rings. The maximum absolute atomic E-state index is 13.3. The summed E-state index contributed by atoms with van der Waals surface area (Å²) in [6.45, 7) is 14.3. The van der Waals surface area contributed by atoms with E-state index in [9.17, 15) is 19.2 Å². The Kier molecular flexibility index (Phi) is 8.71. The minimum absolute atomic E-state index is 0.0709. The summed E-state index contributed by atoms with van der Waals surface area (Å²) in [6.07, 6.45) is 0. The first kappa shape index (κ1) is 30.3. The Morgan fingerprint density at radius 1 is 0.595 bits per heavy atom. The average Bonchev–Trinajstić information content (AvgIpc) is 2.96. The molecule has 42 heavy (non-hydrogen) atoms. The molecule has 7 nitrogen and oxygen atoms in total. The topological polar surface area (TPSA) is 99.6 Å². The third-order valence-corrected chi connectivity index (χ3v) is 8.10. The molecule has 1 aromatic heterocycles. The molecule has 0 N–H and O–H groups in total. The highest BCUT2D eigenvalue weighted by molar-refractivity contribution is 6.08. The van der Waals surface area contributed by atoms with E-state index in [1.54, 1.807) is 24.3 Å². The first-order valence-corrected chi connectivity index (χ1v) is 13.8. The predicted octanol–water partition coefficient (Wildman–Crippen LogP) is 6.78. The number of para-hydroxylation sites is 1. The number of hydrogen-bond acceptors (Lipinski definition) is 7. The molecular formula is C35H35NO6. The Morgan fingerprint density at radius 3 is 1.50 bits per heavy atom. The largest absolute Gasteiger partial charge is 0.454 e. The fourth-order valence-corrected chi connectivity index (χ4v) is 5.28. The lowest BCUT2D eigenvalue weighted by Gasteiger charge is -2.15. The lowest BCUT2D eigenvalue weighted by atomic mass is 9.92. The molecule has 7 heteroatoms. The number of rotatable bonds is 8. The number of esters is 2. The highest BCUT2D eigenvalue weighted by Gasteiger charge is 2.23. The van der Waals surface area contributed by atoms with E-state index in [1.165, 1.54) is 6.07 Å². The van der Waals surface area contributed by atoms with Gasteiger partial charge in [-0.05, 0) is 112 Å². The first-order valence-electron chi connectivity index (χ1n) is 13.8. The summed E-state index contributed by atoms with van der Waals surface area (Å²) in [5.74, 6) is -2.24. The van der Waals surface area contributed by atoms with Gasteiger partial charge < -0.3 is 9.47 Å². The van der Waals surface area contributed by atoms with Crippen molar-refractivity contribution >= 4 is 34.4 Å². The van der Waals surface area contributed by atoms with E-state index in [1.807, 2.05) is 67.5 Å². The molecule has 0 radical (unpaired) electrons. The van der Waals surface area contributed by atoms with E-state index in [2.05, 4.69) is 4.98 Å². The third kappa shape index (κ3) is 5.86. The van der Waals surface area contributed by atoms with Gasteiger partial charge in [-0.3, -0.25) is 9.59 Å². The zero-order valence-electron chi connectivity index (χ0n) is 25.4. The van der Waals surface area contributed by atoms with Crippen LogP contribution in [-0.4, -0.2) is 41.7 Å². The average molecular weight is 566 g/mol. The summed E-state index contributed by atoms with van der Waals surface area (Å²) in [5, 5.41) is 0.461. The van der Waals surface area contributed by atoms with Crippen molar-refractivity contribution in [3.8, 4) is 0 Å². The lowest BCUT2D eigenvalue weighted by molar-refractivity contribution is 0.0465. The quantitative estimate of drug-likeness (QED) is 0.171. The van der Waals surface area contributed by atoms with Crippen molar-refractivity contribution in [2.75, 3.05) is 13.2 Å². The van der Waals surface area contributed by atoms with E-state index >= 15 is 0 Å². The van der Waals surface area contributed by atoms with Crippen LogP contribution in [0.4, 0.5) is 0 Å². The van der Waals surface area contributed by atoms with Crippen molar-refractivity contribution in [3.63, 3.8) is 0 Å². The normalized spacial score (nSPS) is 11.0. The van der Waals surface area contributed by atoms with Crippen LogP contribution < -0.4 is 0 Å². The van der Waals surface area contributed by atoms with Crippen molar-refractivity contribution in [1.29, 1.82) is 0 Å². The summed E-state index contributed by atoms with van der Waals surface area (Å²) in [7, 11) is 0. The van der Waals surface area contributed by atoms with Gasteiger partial charge in [0.25, 0.3) is 0 Å². The van der Waals surface area contributed by atoms with Gasteiger partial charge in [0.15, 0.2) is 13.2 Å². The van der Waals surface area contributed by atoms with Crippen molar-refractivity contribution in [2.24, 2.45) is 0 Å². The van der Waals surface area contributed by atoms with Gasteiger partial charge in [-0.15, -0.1) is 0 Å². The van der Waals surface area contributed by atoms with Crippen LogP contribution in [0.2, 0.25) is 0 Å². The molecular weight excluding hydrogens is 530 g/mol. The second-order valence-corrected chi connectivity index (χ2v) is 10.8. The number of benzene rings is 3. The van der Waals surface area contributed by atoms with Crippen molar-refractivity contribution < 1.29 is 28.7 Å². The maximum atomic E-state index is 13.3. The lowest BCUT2D eigenvalue weighted by Crippen LogP contribution is -2.19. The fraction of sp³-hybridized carbons (Fsp3) is 0.286. The molecule has 0 fully saturated rings. The van der Waals surface area contributed by atoms with Crippen molar-refractivity contribution in [3.05, 3.63) is 109 Å². The van der Waals surface area contributed by atoms with Crippen molar-refractivity contribution in [1.82, 2.24) is 4.98 Å².